The molecule has 3 nitrogen and oxygen atoms in total. The lowest BCUT2D eigenvalue weighted by molar-refractivity contribution is -0.167. The number of halogens is 2. The van der Waals surface area contributed by atoms with Crippen LogP contribution in [0.25, 0.3) is 0 Å². The number of ketones is 1. The molecule has 5 atom stereocenters. The minimum absolute atomic E-state index is 0.0234. The van der Waals surface area contributed by atoms with Gasteiger partial charge in [-0.1, -0.05) is 51.0 Å². The molecule has 1 aromatic carbocycles. The molecule has 0 heterocycles. The summed E-state index contributed by atoms with van der Waals surface area (Å²) in [5.74, 6) is 5.56. The number of unbranched alkanes of at least 4 members (excludes halogenated alkanes) is 4. The average molecular weight is 563 g/mol. The van der Waals surface area contributed by atoms with E-state index in [9.17, 15) is 9.59 Å². The van der Waals surface area contributed by atoms with Crippen LogP contribution in [0.2, 0.25) is 0 Å². The number of rotatable bonds is 8. The highest BCUT2D eigenvalue weighted by Gasteiger charge is 2.65. The molecule has 0 amide bonds. The van der Waals surface area contributed by atoms with Gasteiger partial charge in [-0.3, -0.25) is 9.59 Å². The smallest absolute Gasteiger partial charge is 0.307 e. The maximum absolute atomic E-state index is 15.0. The third-order valence-corrected chi connectivity index (χ3v) is 10.7. The number of carbonyl (C=O) groups excluding carboxylic acids is 2. The van der Waals surface area contributed by atoms with Crippen molar-refractivity contribution in [2.75, 3.05) is 0 Å². The number of benzene rings is 1. The van der Waals surface area contributed by atoms with Crippen LogP contribution in [0.5, 0.6) is 0 Å². The van der Waals surface area contributed by atoms with Crippen molar-refractivity contribution in [1.29, 1.82) is 0 Å². The first-order chi connectivity index (χ1) is 19.6. The zero-order valence-corrected chi connectivity index (χ0v) is 25.1. The van der Waals surface area contributed by atoms with Gasteiger partial charge in [-0.2, -0.15) is 0 Å². The van der Waals surface area contributed by atoms with Crippen molar-refractivity contribution in [2.45, 2.75) is 123 Å². The molecule has 0 radical (unpaired) electrons. The Labute approximate surface area is 244 Å². The van der Waals surface area contributed by atoms with Gasteiger partial charge >= 0.3 is 5.97 Å². The van der Waals surface area contributed by atoms with Crippen molar-refractivity contribution < 1.29 is 23.1 Å². The van der Waals surface area contributed by atoms with Crippen LogP contribution in [0, 0.1) is 47.6 Å². The topological polar surface area (TPSA) is 43.4 Å². The number of esters is 1. The quantitative estimate of drug-likeness (QED) is 0.181. The first-order valence-electron chi connectivity index (χ1n) is 15.7. The number of carbonyl (C=O) groups is 2. The predicted molar refractivity (Wildman–Crippen MR) is 157 cm³/mol. The van der Waals surface area contributed by atoms with Crippen LogP contribution >= 0.6 is 0 Å². The van der Waals surface area contributed by atoms with Gasteiger partial charge in [-0.15, -0.1) is 5.92 Å². The SMILES string of the molecule is CC#C[C@]1(OC(=O)CCCCCCC)CC[C@H]2[C@@H]3CCC4=CC(=O)CCC4=C3[C@@H](c3cc(F)c(C)c(F)c3)C[C@@]21C. The van der Waals surface area contributed by atoms with Crippen LogP contribution in [-0.2, 0) is 14.3 Å². The van der Waals surface area contributed by atoms with E-state index in [0.717, 1.165) is 50.5 Å². The molecular weight excluding hydrogens is 518 g/mol. The van der Waals surface area contributed by atoms with Crippen molar-refractivity contribution in [3.63, 3.8) is 0 Å². The minimum atomic E-state index is -0.929. The van der Waals surface area contributed by atoms with E-state index >= 15 is 8.78 Å². The lowest BCUT2D eigenvalue weighted by Gasteiger charge is -2.54. The van der Waals surface area contributed by atoms with Crippen molar-refractivity contribution in [2.24, 2.45) is 17.3 Å². The first-order valence-corrected chi connectivity index (χ1v) is 15.7. The number of allylic oxidation sites excluding steroid dienone is 4. The van der Waals surface area contributed by atoms with E-state index < -0.39 is 22.7 Å². The van der Waals surface area contributed by atoms with E-state index in [-0.39, 0.29) is 35.1 Å². The molecule has 0 saturated heterocycles. The molecule has 0 unspecified atom stereocenters. The van der Waals surface area contributed by atoms with Gasteiger partial charge in [0.25, 0.3) is 0 Å². The molecule has 220 valence electrons. The van der Waals surface area contributed by atoms with E-state index in [1.54, 1.807) is 13.0 Å². The molecule has 5 heteroatoms. The third-order valence-electron chi connectivity index (χ3n) is 10.7. The zero-order chi connectivity index (χ0) is 29.4. The molecule has 41 heavy (non-hydrogen) atoms. The summed E-state index contributed by atoms with van der Waals surface area (Å²) in [6, 6.07) is 2.99. The molecule has 1 aromatic rings. The summed E-state index contributed by atoms with van der Waals surface area (Å²) < 4.78 is 36.4. The van der Waals surface area contributed by atoms with Gasteiger partial charge in [0, 0.05) is 29.7 Å². The van der Waals surface area contributed by atoms with Gasteiger partial charge in [0.1, 0.15) is 11.6 Å². The Morgan fingerprint density at radius 2 is 1.80 bits per heavy atom. The highest BCUT2D eigenvalue weighted by atomic mass is 19.1. The summed E-state index contributed by atoms with van der Waals surface area (Å²) in [6.45, 7) is 7.64. The fourth-order valence-electron chi connectivity index (χ4n) is 8.53. The Morgan fingerprint density at radius 3 is 2.51 bits per heavy atom. The average Bonchev–Trinajstić information content (AvgIpc) is 3.21. The molecular formula is C36H44F2O3. The number of fused-ring (bicyclic) bond motifs is 4. The Balaban J connectivity index is 1.56. The summed E-state index contributed by atoms with van der Waals surface area (Å²) >= 11 is 0. The highest BCUT2D eigenvalue weighted by molar-refractivity contribution is 5.93. The van der Waals surface area contributed by atoms with Crippen LogP contribution in [0.3, 0.4) is 0 Å². The molecule has 0 N–H and O–H groups in total. The number of ether oxygens (including phenoxy) is 1. The van der Waals surface area contributed by atoms with Crippen molar-refractivity contribution in [3.8, 4) is 11.8 Å². The fourth-order valence-corrected chi connectivity index (χ4v) is 8.53. The second-order valence-corrected chi connectivity index (χ2v) is 13.0. The summed E-state index contributed by atoms with van der Waals surface area (Å²) in [6.07, 6.45) is 12.5. The molecule has 2 saturated carbocycles. The molecule has 4 aliphatic carbocycles. The largest absolute Gasteiger partial charge is 0.445 e. The minimum Gasteiger partial charge on any atom is -0.445 e. The maximum Gasteiger partial charge on any atom is 0.307 e. The third kappa shape index (κ3) is 5.33. The van der Waals surface area contributed by atoms with E-state index in [2.05, 4.69) is 25.7 Å². The lowest BCUT2D eigenvalue weighted by Crippen LogP contribution is -2.53. The van der Waals surface area contributed by atoms with Gasteiger partial charge in [-0.05, 0) is 106 Å². The summed E-state index contributed by atoms with van der Waals surface area (Å²) in [7, 11) is 0. The second kappa shape index (κ2) is 11.9. The van der Waals surface area contributed by atoms with Gasteiger partial charge in [-0.25, -0.2) is 8.78 Å². The fraction of sp³-hybridized carbons (Fsp3) is 0.611. The zero-order valence-electron chi connectivity index (χ0n) is 25.1. The van der Waals surface area contributed by atoms with E-state index in [1.807, 2.05) is 0 Å². The predicted octanol–water partition coefficient (Wildman–Crippen LogP) is 8.84. The Kier molecular flexibility index (Phi) is 8.61. The van der Waals surface area contributed by atoms with Gasteiger partial charge in [0.15, 0.2) is 11.4 Å². The van der Waals surface area contributed by atoms with Crippen LogP contribution in [0.1, 0.15) is 121 Å². The second-order valence-electron chi connectivity index (χ2n) is 13.0. The Hall–Kier alpha value is -2.74. The van der Waals surface area contributed by atoms with E-state index in [4.69, 9.17) is 4.74 Å². The normalized spacial score (nSPS) is 30.5. The molecule has 0 aliphatic heterocycles. The molecule has 0 spiro atoms. The Bertz CT molecular complexity index is 1320. The van der Waals surface area contributed by atoms with Gasteiger partial charge in [0.2, 0.25) is 0 Å². The lowest BCUT2D eigenvalue weighted by atomic mass is 9.51. The number of hydrogen-bond donors (Lipinski definition) is 0. The standard InChI is InChI=1S/C36H44F2O3/c1-5-7-8-9-10-11-33(40)41-36(17-6-2)18-16-30-28-14-12-24-19-26(39)13-15-27(24)34(28)29(22-35(30,36)4)25-20-31(37)23(3)32(38)21-25/h19-21,28-30H,5,7-16,18,22H2,1-4H3/t28-,29+,30-,35-,36-/m0/s1. The molecule has 2 fully saturated rings. The van der Waals surface area contributed by atoms with E-state index in [0.29, 0.717) is 37.7 Å². The van der Waals surface area contributed by atoms with Crippen molar-refractivity contribution in [3.05, 3.63) is 57.7 Å². The summed E-state index contributed by atoms with van der Waals surface area (Å²) in [5, 5.41) is 0. The van der Waals surface area contributed by atoms with Crippen LogP contribution in [-0.4, -0.2) is 17.4 Å². The van der Waals surface area contributed by atoms with Crippen LogP contribution in [0.4, 0.5) is 8.78 Å². The monoisotopic (exact) mass is 562 g/mol. The summed E-state index contributed by atoms with van der Waals surface area (Å²) in [5.41, 5.74) is 2.82. The van der Waals surface area contributed by atoms with Crippen LogP contribution in [0.15, 0.2) is 34.9 Å². The van der Waals surface area contributed by atoms with Crippen molar-refractivity contribution in [1.82, 2.24) is 0 Å². The van der Waals surface area contributed by atoms with E-state index in [1.165, 1.54) is 36.6 Å². The summed E-state index contributed by atoms with van der Waals surface area (Å²) in [4.78, 5) is 25.6. The van der Waals surface area contributed by atoms with Crippen molar-refractivity contribution >= 4 is 11.8 Å². The molecule has 0 bridgehead atoms. The molecule has 4 aliphatic rings. The number of hydrogen-bond acceptors (Lipinski definition) is 3. The Morgan fingerprint density at radius 1 is 1.07 bits per heavy atom. The molecule has 5 rings (SSSR count). The molecule has 0 aromatic heterocycles. The maximum atomic E-state index is 15.0. The van der Waals surface area contributed by atoms with Gasteiger partial charge < -0.3 is 4.74 Å². The highest BCUT2D eigenvalue weighted by Crippen LogP contribution is 2.67. The first kappa shape index (κ1) is 29.7. The van der Waals surface area contributed by atoms with Gasteiger partial charge in [0.05, 0.1) is 0 Å². The van der Waals surface area contributed by atoms with Crippen LogP contribution < -0.4 is 0 Å².